The van der Waals surface area contributed by atoms with Crippen LogP contribution in [0.15, 0.2) is 18.2 Å². The molecule has 0 saturated heterocycles. The van der Waals surface area contributed by atoms with Crippen LogP contribution in [0.3, 0.4) is 0 Å². The van der Waals surface area contributed by atoms with Gasteiger partial charge >= 0.3 is 0 Å². The highest BCUT2D eigenvalue weighted by molar-refractivity contribution is 6.42. The van der Waals surface area contributed by atoms with Crippen molar-refractivity contribution in [1.82, 2.24) is 5.32 Å². The van der Waals surface area contributed by atoms with Crippen molar-refractivity contribution in [2.75, 3.05) is 13.2 Å². The van der Waals surface area contributed by atoms with Crippen LogP contribution in [-0.4, -0.2) is 24.2 Å². The minimum atomic E-state index is -0.0261. The summed E-state index contributed by atoms with van der Waals surface area (Å²) in [6.07, 6.45) is 0.805. The molecule has 1 fully saturated rings. The predicted molar refractivity (Wildman–Crippen MR) is 76.6 cm³/mol. The van der Waals surface area contributed by atoms with Crippen molar-refractivity contribution in [3.8, 4) is 0 Å². The molecule has 2 rings (SSSR count). The Morgan fingerprint density at radius 1 is 1.53 bits per heavy atom. The van der Waals surface area contributed by atoms with Gasteiger partial charge in [0.2, 0.25) is 5.91 Å². The molecule has 2 N–H and O–H groups in total. The number of amides is 1. The molecule has 1 saturated carbocycles. The van der Waals surface area contributed by atoms with Gasteiger partial charge in [0.1, 0.15) is 0 Å². The molecule has 0 bridgehead atoms. The van der Waals surface area contributed by atoms with E-state index >= 15 is 0 Å². The highest BCUT2D eigenvalue weighted by Gasteiger charge is 2.44. The number of hydrogen-bond donors (Lipinski definition) is 2. The average molecular weight is 302 g/mol. The molecule has 0 radical (unpaired) electrons. The summed E-state index contributed by atoms with van der Waals surface area (Å²) in [5.41, 5.74) is 0.949. The van der Waals surface area contributed by atoms with Crippen LogP contribution in [-0.2, 0) is 4.79 Å². The summed E-state index contributed by atoms with van der Waals surface area (Å²) in [7, 11) is 0. The molecule has 3 nitrogen and oxygen atoms in total. The van der Waals surface area contributed by atoms with E-state index in [4.69, 9.17) is 28.3 Å². The monoisotopic (exact) mass is 301 g/mol. The topological polar surface area (TPSA) is 49.3 Å². The van der Waals surface area contributed by atoms with E-state index in [-0.39, 0.29) is 30.3 Å². The van der Waals surface area contributed by atoms with Crippen LogP contribution in [0.2, 0.25) is 10.0 Å². The van der Waals surface area contributed by atoms with Crippen molar-refractivity contribution in [2.45, 2.75) is 19.3 Å². The normalized spacial score (nSPS) is 22.9. The second-order valence-corrected chi connectivity index (χ2v) is 5.91. The summed E-state index contributed by atoms with van der Waals surface area (Å²) in [5.74, 6) is 0.245. The van der Waals surface area contributed by atoms with Crippen LogP contribution in [0, 0.1) is 11.8 Å². The number of benzene rings is 1. The van der Waals surface area contributed by atoms with Crippen molar-refractivity contribution in [2.24, 2.45) is 11.8 Å². The summed E-state index contributed by atoms with van der Waals surface area (Å²) in [6, 6.07) is 5.51. The summed E-state index contributed by atoms with van der Waals surface area (Å²) >= 11 is 12.1. The van der Waals surface area contributed by atoms with Gasteiger partial charge in [-0.15, -0.1) is 0 Å². The Morgan fingerprint density at radius 2 is 2.26 bits per heavy atom. The first kappa shape index (κ1) is 14.6. The largest absolute Gasteiger partial charge is 0.396 e. The summed E-state index contributed by atoms with van der Waals surface area (Å²) < 4.78 is 0. The van der Waals surface area contributed by atoms with Crippen LogP contribution >= 0.6 is 23.2 Å². The fourth-order valence-electron chi connectivity index (χ4n) is 2.11. The Kier molecular flexibility index (Phi) is 4.71. The van der Waals surface area contributed by atoms with Crippen molar-refractivity contribution in [1.29, 1.82) is 0 Å². The van der Waals surface area contributed by atoms with Gasteiger partial charge in [0.25, 0.3) is 0 Å². The molecule has 1 amide bonds. The van der Waals surface area contributed by atoms with Gasteiger partial charge in [-0.3, -0.25) is 4.79 Å². The fourth-order valence-corrected chi connectivity index (χ4v) is 2.55. The molecule has 1 aliphatic rings. The zero-order valence-corrected chi connectivity index (χ0v) is 12.2. The standard InChI is InChI=1S/C14H17Cl2NO2/c1-8(7-18)6-17-14(19)11-5-10(11)9-3-2-4-12(15)13(9)16/h2-4,8,10-11,18H,5-7H2,1H3,(H,17,19). The minimum absolute atomic E-state index is 0.0261. The fraction of sp³-hybridized carbons (Fsp3) is 0.500. The lowest BCUT2D eigenvalue weighted by Gasteiger charge is -2.10. The Hall–Kier alpha value is -0.770. The van der Waals surface area contributed by atoms with Gasteiger partial charge in [-0.05, 0) is 29.9 Å². The Morgan fingerprint density at radius 3 is 2.95 bits per heavy atom. The van der Waals surface area contributed by atoms with Gasteiger partial charge in [0.15, 0.2) is 0 Å². The lowest BCUT2D eigenvalue weighted by Crippen LogP contribution is -2.31. The van der Waals surface area contributed by atoms with E-state index in [0.717, 1.165) is 12.0 Å². The molecule has 1 aromatic carbocycles. The van der Waals surface area contributed by atoms with Gasteiger partial charge in [-0.1, -0.05) is 42.3 Å². The van der Waals surface area contributed by atoms with Crippen molar-refractivity contribution in [3.63, 3.8) is 0 Å². The zero-order valence-electron chi connectivity index (χ0n) is 10.7. The summed E-state index contributed by atoms with van der Waals surface area (Å²) in [5, 5.41) is 12.8. The smallest absolute Gasteiger partial charge is 0.223 e. The van der Waals surface area contributed by atoms with Crippen molar-refractivity contribution < 1.29 is 9.90 Å². The molecule has 3 unspecified atom stereocenters. The first-order chi connectivity index (χ1) is 9.04. The number of aliphatic hydroxyl groups is 1. The molecule has 3 atom stereocenters. The first-order valence-corrected chi connectivity index (χ1v) is 7.12. The highest BCUT2D eigenvalue weighted by Crippen LogP contribution is 2.50. The van der Waals surface area contributed by atoms with Crippen LogP contribution < -0.4 is 5.32 Å². The Bertz CT molecular complexity index is 479. The molecule has 1 aromatic rings. The second kappa shape index (κ2) is 6.12. The van der Waals surface area contributed by atoms with Crippen LogP contribution in [0.25, 0.3) is 0 Å². The predicted octanol–water partition coefficient (Wildman–Crippen LogP) is 2.84. The van der Waals surface area contributed by atoms with Gasteiger partial charge in [0.05, 0.1) is 10.0 Å². The second-order valence-electron chi connectivity index (χ2n) is 5.12. The molecule has 1 aliphatic carbocycles. The molecule has 0 aromatic heterocycles. The maximum absolute atomic E-state index is 11.9. The molecule has 0 aliphatic heterocycles. The SMILES string of the molecule is CC(CO)CNC(=O)C1CC1c1cccc(Cl)c1Cl. The number of carbonyl (C=O) groups excluding carboxylic acids is 1. The van der Waals surface area contributed by atoms with Crippen molar-refractivity contribution >= 4 is 29.1 Å². The number of carbonyl (C=O) groups is 1. The third-order valence-corrected chi connectivity index (χ3v) is 4.28. The molecule has 0 spiro atoms. The van der Waals surface area contributed by atoms with E-state index in [9.17, 15) is 4.79 Å². The molecule has 19 heavy (non-hydrogen) atoms. The Balaban J connectivity index is 1.93. The minimum Gasteiger partial charge on any atom is -0.396 e. The van der Waals surface area contributed by atoms with Crippen molar-refractivity contribution in [3.05, 3.63) is 33.8 Å². The molecule has 5 heteroatoms. The third-order valence-electron chi connectivity index (χ3n) is 3.44. The number of rotatable bonds is 5. The van der Waals surface area contributed by atoms with Crippen LogP contribution in [0.5, 0.6) is 0 Å². The quantitative estimate of drug-likeness (QED) is 0.878. The zero-order chi connectivity index (χ0) is 14.0. The molecular weight excluding hydrogens is 285 g/mol. The molecular formula is C14H17Cl2NO2. The lowest BCUT2D eigenvalue weighted by molar-refractivity contribution is -0.122. The highest BCUT2D eigenvalue weighted by atomic mass is 35.5. The third kappa shape index (κ3) is 3.41. The van der Waals surface area contributed by atoms with E-state index in [1.54, 1.807) is 6.07 Å². The van der Waals surface area contributed by atoms with Gasteiger partial charge in [-0.2, -0.15) is 0 Å². The summed E-state index contributed by atoms with van der Waals surface area (Å²) in [4.78, 5) is 11.9. The van der Waals surface area contributed by atoms with Crippen LogP contribution in [0.4, 0.5) is 0 Å². The van der Waals surface area contributed by atoms with Gasteiger partial charge < -0.3 is 10.4 Å². The average Bonchev–Trinajstić information content (AvgIpc) is 3.19. The molecule has 0 heterocycles. The number of nitrogens with one attached hydrogen (secondary N) is 1. The van der Waals surface area contributed by atoms with E-state index in [1.165, 1.54) is 0 Å². The van der Waals surface area contributed by atoms with E-state index in [2.05, 4.69) is 5.32 Å². The number of aliphatic hydroxyl groups excluding tert-OH is 1. The van der Waals surface area contributed by atoms with E-state index < -0.39 is 0 Å². The van der Waals surface area contributed by atoms with Gasteiger partial charge in [0, 0.05) is 19.1 Å². The van der Waals surface area contributed by atoms with E-state index in [1.807, 2.05) is 19.1 Å². The Labute approximate surface area is 122 Å². The maximum Gasteiger partial charge on any atom is 0.223 e. The summed E-state index contributed by atoms with van der Waals surface area (Å²) in [6.45, 7) is 2.47. The number of hydrogen-bond acceptors (Lipinski definition) is 2. The molecule has 104 valence electrons. The van der Waals surface area contributed by atoms with E-state index in [0.29, 0.717) is 16.6 Å². The first-order valence-electron chi connectivity index (χ1n) is 6.37. The number of halogens is 2. The van der Waals surface area contributed by atoms with Gasteiger partial charge in [-0.25, -0.2) is 0 Å². The maximum atomic E-state index is 11.9. The lowest BCUT2D eigenvalue weighted by atomic mass is 10.1. The van der Waals surface area contributed by atoms with Crippen LogP contribution in [0.1, 0.15) is 24.8 Å².